The quantitative estimate of drug-likeness (QED) is 0.877. The van der Waals surface area contributed by atoms with E-state index in [2.05, 4.69) is 12.2 Å². The molecule has 2 aromatic rings. The Morgan fingerprint density at radius 1 is 1.29 bits per heavy atom. The summed E-state index contributed by atoms with van der Waals surface area (Å²) in [6.45, 7) is 4.78. The van der Waals surface area contributed by atoms with E-state index in [0.717, 1.165) is 23.4 Å². The molecule has 1 aromatic carbocycles. The first-order valence-electron chi connectivity index (χ1n) is 6.81. The van der Waals surface area contributed by atoms with Crippen LogP contribution in [0.1, 0.15) is 29.9 Å². The fourth-order valence-electron chi connectivity index (χ4n) is 2.37. The number of methoxy groups -OCH3 is 2. The van der Waals surface area contributed by atoms with Crippen molar-refractivity contribution in [1.82, 2.24) is 5.32 Å². The minimum Gasteiger partial charge on any atom is -0.495 e. The largest absolute Gasteiger partial charge is 0.495 e. The molecule has 1 unspecified atom stereocenters. The van der Waals surface area contributed by atoms with E-state index < -0.39 is 0 Å². The average Bonchev–Trinajstić information content (AvgIpc) is 2.91. The SMILES string of the molecule is CCNC(c1coc(C)c1)c1ccc(OC)c(Cl)c1OC. The fraction of sp³-hybridized carbons (Fsp3) is 0.375. The Balaban J connectivity index is 2.52. The predicted molar refractivity (Wildman–Crippen MR) is 83.5 cm³/mol. The van der Waals surface area contributed by atoms with Crippen LogP contribution in [0.3, 0.4) is 0 Å². The van der Waals surface area contributed by atoms with Gasteiger partial charge in [0.15, 0.2) is 0 Å². The Morgan fingerprint density at radius 2 is 2.05 bits per heavy atom. The Morgan fingerprint density at radius 3 is 2.57 bits per heavy atom. The van der Waals surface area contributed by atoms with Gasteiger partial charge in [-0.3, -0.25) is 0 Å². The van der Waals surface area contributed by atoms with Crippen molar-refractivity contribution < 1.29 is 13.9 Å². The van der Waals surface area contributed by atoms with Crippen LogP contribution in [0.2, 0.25) is 5.02 Å². The summed E-state index contributed by atoms with van der Waals surface area (Å²) in [4.78, 5) is 0. The minimum absolute atomic E-state index is 0.0502. The lowest BCUT2D eigenvalue weighted by molar-refractivity contribution is 0.388. The van der Waals surface area contributed by atoms with Crippen LogP contribution in [0.5, 0.6) is 11.5 Å². The van der Waals surface area contributed by atoms with E-state index in [1.54, 1.807) is 20.5 Å². The summed E-state index contributed by atoms with van der Waals surface area (Å²) in [6, 6.07) is 5.76. The van der Waals surface area contributed by atoms with Crippen molar-refractivity contribution in [2.75, 3.05) is 20.8 Å². The molecule has 1 aromatic heterocycles. The van der Waals surface area contributed by atoms with Crippen LogP contribution in [-0.2, 0) is 0 Å². The summed E-state index contributed by atoms with van der Waals surface area (Å²) >= 11 is 6.35. The van der Waals surface area contributed by atoms with Crippen LogP contribution in [-0.4, -0.2) is 20.8 Å². The number of benzene rings is 1. The Hall–Kier alpha value is -1.65. The molecular weight excluding hydrogens is 290 g/mol. The lowest BCUT2D eigenvalue weighted by Gasteiger charge is -2.21. The van der Waals surface area contributed by atoms with Gasteiger partial charge in [0.1, 0.15) is 22.3 Å². The van der Waals surface area contributed by atoms with Gasteiger partial charge in [-0.2, -0.15) is 0 Å². The molecule has 0 aliphatic carbocycles. The molecular formula is C16H20ClNO3. The van der Waals surface area contributed by atoms with Crippen molar-refractivity contribution in [3.8, 4) is 11.5 Å². The van der Waals surface area contributed by atoms with Gasteiger partial charge in [-0.1, -0.05) is 18.5 Å². The third kappa shape index (κ3) is 3.17. The highest BCUT2D eigenvalue weighted by atomic mass is 35.5. The minimum atomic E-state index is -0.0502. The van der Waals surface area contributed by atoms with Gasteiger partial charge in [-0.15, -0.1) is 0 Å². The van der Waals surface area contributed by atoms with Crippen molar-refractivity contribution in [3.63, 3.8) is 0 Å². The number of hydrogen-bond acceptors (Lipinski definition) is 4. The number of rotatable bonds is 6. The zero-order chi connectivity index (χ0) is 15.4. The summed E-state index contributed by atoms with van der Waals surface area (Å²) in [5, 5.41) is 3.90. The van der Waals surface area contributed by atoms with E-state index in [9.17, 15) is 0 Å². The highest BCUT2D eigenvalue weighted by Crippen LogP contribution is 2.41. The Labute approximate surface area is 130 Å². The molecule has 0 aliphatic heterocycles. The number of hydrogen-bond donors (Lipinski definition) is 1. The number of halogens is 1. The molecule has 0 aliphatic rings. The van der Waals surface area contributed by atoms with Crippen molar-refractivity contribution in [2.45, 2.75) is 19.9 Å². The molecule has 0 saturated carbocycles. The van der Waals surface area contributed by atoms with Gasteiger partial charge < -0.3 is 19.2 Å². The Kier molecular flexibility index (Phi) is 5.15. The first kappa shape index (κ1) is 15.7. The molecule has 1 N–H and O–H groups in total. The average molecular weight is 310 g/mol. The number of furan rings is 1. The van der Waals surface area contributed by atoms with Crippen molar-refractivity contribution in [3.05, 3.63) is 46.4 Å². The number of nitrogens with one attached hydrogen (secondary N) is 1. The molecule has 4 nitrogen and oxygen atoms in total. The smallest absolute Gasteiger partial charge is 0.146 e. The monoisotopic (exact) mass is 309 g/mol. The second-order valence-electron chi connectivity index (χ2n) is 4.69. The maximum absolute atomic E-state index is 6.35. The maximum atomic E-state index is 6.35. The molecule has 0 bridgehead atoms. The van der Waals surface area contributed by atoms with Crippen LogP contribution < -0.4 is 14.8 Å². The van der Waals surface area contributed by atoms with E-state index in [1.807, 2.05) is 25.1 Å². The van der Waals surface area contributed by atoms with E-state index in [-0.39, 0.29) is 6.04 Å². The van der Waals surface area contributed by atoms with Crippen LogP contribution >= 0.6 is 11.6 Å². The summed E-state index contributed by atoms with van der Waals surface area (Å²) in [5.41, 5.74) is 1.99. The van der Waals surface area contributed by atoms with Crippen molar-refractivity contribution >= 4 is 11.6 Å². The number of aryl methyl sites for hydroxylation is 1. The third-order valence-electron chi connectivity index (χ3n) is 3.32. The third-order valence-corrected chi connectivity index (χ3v) is 3.68. The number of ether oxygens (including phenoxy) is 2. The summed E-state index contributed by atoms with van der Waals surface area (Å²) in [7, 11) is 3.19. The van der Waals surface area contributed by atoms with Gasteiger partial charge in [-0.05, 0) is 31.7 Å². The maximum Gasteiger partial charge on any atom is 0.146 e. The lowest BCUT2D eigenvalue weighted by atomic mass is 9.99. The van der Waals surface area contributed by atoms with Gasteiger partial charge in [0.25, 0.3) is 0 Å². The zero-order valence-corrected chi connectivity index (χ0v) is 13.5. The molecule has 0 spiro atoms. The standard InChI is InChI=1S/C16H20ClNO3/c1-5-18-15(11-8-10(2)21-9-11)12-6-7-13(19-3)14(17)16(12)20-4/h6-9,15,18H,5H2,1-4H3. The van der Waals surface area contributed by atoms with Crippen LogP contribution in [0, 0.1) is 6.92 Å². The molecule has 0 fully saturated rings. The van der Waals surface area contributed by atoms with Gasteiger partial charge in [0.2, 0.25) is 0 Å². The van der Waals surface area contributed by atoms with Crippen molar-refractivity contribution in [2.24, 2.45) is 0 Å². The molecule has 21 heavy (non-hydrogen) atoms. The second kappa shape index (κ2) is 6.87. The van der Waals surface area contributed by atoms with E-state index in [1.165, 1.54) is 0 Å². The highest BCUT2D eigenvalue weighted by molar-refractivity contribution is 6.33. The van der Waals surface area contributed by atoms with Gasteiger partial charge >= 0.3 is 0 Å². The van der Waals surface area contributed by atoms with Crippen molar-refractivity contribution in [1.29, 1.82) is 0 Å². The first-order chi connectivity index (χ1) is 10.1. The van der Waals surface area contributed by atoms with Gasteiger partial charge in [0, 0.05) is 11.1 Å². The first-order valence-corrected chi connectivity index (χ1v) is 7.18. The molecule has 5 heteroatoms. The van der Waals surface area contributed by atoms with Crippen LogP contribution in [0.25, 0.3) is 0 Å². The normalized spacial score (nSPS) is 12.2. The van der Waals surface area contributed by atoms with E-state index in [0.29, 0.717) is 16.5 Å². The highest BCUT2D eigenvalue weighted by Gasteiger charge is 2.22. The molecule has 1 heterocycles. The fourth-order valence-corrected chi connectivity index (χ4v) is 2.70. The van der Waals surface area contributed by atoms with Gasteiger partial charge in [0.05, 0.1) is 26.5 Å². The van der Waals surface area contributed by atoms with E-state index in [4.69, 9.17) is 25.5 Å². The molecule has 0 saturated heterocycles. The predicted octanol–water partition coefficient (Wildman–Crippen LogP) is 3.96. The summed E-state index contributed by atoms with van der Waals surface area (Å²) in [6.07, 6.45) is 1.75. The molecule has 114 valence electrons. The van der Waals surface area contributed by atoms with E-state index >= 15 is 0 Å². The Bertz CT molecular complexity index is 610. The van der Waals surface area contributed by atoms with Gasteiger partial charge in [-0.25, -0.2) is 0 Å². The van der Waals surface area contributed by atoms with Crippen LogP contribution in [0.15, 0.2) is 28.9 Å². The molecule has 1 atom stereocenters. The summed E-state index contributed by atoms with van der Waals surface area (Å²) in [5.74, 6) is 2.07. The second-order valence-corrected chi connectivity index (χ2v) is 5.06. The van der Waals surface area contributed by atoms with Crippen LogP contribution in [0.4, 0.5) is 0 Å². The summed E-state index contributed by atoms with van der Waals surface area (Å²) < 4.78 is 16.2. The zero-order valence-electron chi connectivity index (χ0n) is 12.7. The molecule has 0 radical (unpaired) electrons. The molecule has 0 amide bonds. The molecule has 2 rings (SSSR count). The topological polar surface area (TPSA) is 43.6 Å². The lowest BCUT2D eigenvalue weighted by Crippen LogP contribution is -2.22.